The molecule has 21 heavy (non-hydrogen) atoms. The first kappa shape index (κ1) is 14.5. The summed E-state index contributed by atoms with van der Waals surface area (Å²) in [5, 5.41) is 2.12. The fourth-order valence-corrected chi connectivity index (χ4v) is 4.06. The standard InChI is InChI=1S/C18H23NOS/c1-19(14-8-4-3-5-9-14)16-11-6-10-15(18(16)20-2)17-12-7-13-21-17/h6-7,10-14H,3-5,8-9H2,1-2H3. The van der Waals surface area contributed by atoms with Crippen molar-refractivity contribution in [2.24, 2.45) is 0 Å². The number of para-hydroxylation sites is 1. The molecule has 0 N–H and O–H groups in total. The van der Waals surface area contributed by atoms with E-state index in [9.17, 15) is 0 Å². The Hall–Kier alpha value is -1.48. The second kappa shape index (κ2) is 6.52. The minimum atomic E-state index is 0.645. The Labute approximate surface area is 131 Å². The molecule has 112 valence electrons. The summed E-state index contributed by atoms with van der Waals surface area (Å²) < 4.78 is 5.78. The zero-order valence-corrected chi connectivity index (χ0v) is 13.7. The summed E-state index contributed by atoms with van der Waals surface area (Å²) in [6, 6.07) is 11.4. The molecule has 1 aromatic heterocycles. The van der Waals surface area contributed by atoms with Gasteiger partial charge in [-0.25, -0.2) is 0 Å². The van der Waals surface area contributed by atoms with E-state index in [0.29, 0.717) is 6.04 Å². The molecule has 1 saturated carbocycles. The molecule has 0 atom stereocenters. The minimum Gasteiger partial charge on any atom is -0.494 e. The highest BCUT2D eigenvalue weighted by atomic mass is 32.1. The van der Waals surface area contributed by atoms with Crippen molar-refractivity contribution in [3.8, 4) is 16.2 Å². The van der Waals surface area contributed by atoms with Gasteiger partial charge in [0, 0.05) is 23.5 Å². The van der Waals surface area contributed by atoms with Gasteiger partial charge in [-0.15, -0.1) is 11.3 Å². The van der Waals surface area contributed by atoms with Gasteiger partial charge in [0.25, 0.3) is 0 Å². The summed E-state index contributed by atoms with van der Waals surface area (Å²) in [6.07, 6.45) is 6.67. The van der Waals surface area contributed by atoms with E-state index in [2.05, 4.69) is 47.7 Å². The van der Waals surface area contributed by atoms with Gasteiger partial charge in [0.1, 0.15) is 0 Å². The minimum absolute atomic E-state index is 0.645. The van der Waals surface area contributed by atoms with E-state index in [0.717, 1.165) is 5.75 Å². The maximum absolute atomic E-state index is 5.78. The molecular weight excluding hydrogens is 278 g/mol. The maximum atomic E-state index is 5.78. The van der Waals surface area contributed by atoms with Crippen LogP contribution in [0.2, 0.25) is 0 Å². The number of rotatable bonds is 4. The third-order valence-electron chi connectivity index (χ3n) is 4.49. The van der Waals surface area contributed by atoms with Crippen LogP contribution in [0.3, 0.4) is 0 Å². The molecule has 1 fully saturated rings. The van der Waals surface area contributed by atoms with E-state index < -0.39 is 0 Å². The van der Waals surface area contributed by atoms with Crippen LogP contribution in [0.25, 0.3) is 10.4 Å². The maximum Gasteiger partial charge on any atom is 0.150 e. The largest absolute Gasteiger partial charge is 0.494 e. The van der Waals surface area contributed by atoms with E-state index in [1.165, 1.54) is 48.2 Å². The number of nitrogens with zero attached hydrogens (tertiary/aromatic N) is 1. The average Bonchev–Trinajstić information content (AvgIpc) is 3.08. The molecule has 0 spiro atoms. The van der Waals surface area contributed by atoms with Crippen LogP contribution in [-0.4, -0.2) is 20.2 Å². The first-order valence-electron chi connectivity index (χ1n) is 7.75. The zero-order chi connectivity index (χ0) is 14.7. The van der Waals surface area contributed by atoms with Crippen LogP contribution in [0.15, 0.2) is 35.7 Å². The molecule has 0 bridgehead atoms. The van der Waals surface area contributed by atoms with Gasteiger partial charge >= 0.3 is 0 Å². The van der Waals surface area contributed by atoms with Crippen molar-refractivity contribution < 1.29 is 4.74 Å². The van der Waals surface area contributed by atoms with Crippen molar-refractivity contribution in [3.05, 3.63) is 35.7 Å². The molecule has 2 aromatic rings. The predicted octanol–water partition coefficient (Wildman–Crippen LogP) is 5.19. The zero-order valence-electron chi connectivity index (χ0n) is 12.8. The number of thiophene rings is 1. The normalized spacial score (nSPS) is 15.9. The van der Waals surface area contributed by atoms with Crippen molar-refractivity contribution in [1.82, 2.24) is 0 Å². The molecule has 1 aliphatic carbocycles. The van der Waals surface area contributed by atoms with Crippen LogP contribution in [0.4, 0.5) is 5.69 Å². The third-order valence-corrected chi connectivity index (χ3v) is 5.39. The highest BCUT2D eigenvalue weighted by Gasteiger charge is 2.22. The second-order valence-corrected chi connectivity index (χ2v) is 6.69. The molecule has 3 heteroatoms. The van der Waals surface area contributed by atoms with Crippen molar-refractivity contribution >= 4 is 17.0 Å². The van der Waals surface area contributed by atoms with Crippen molar-refractivity contribution in [2.75, 3.05) is 19.1 Å². The number of methoxy groups -OCH3 is 1. The number of hydrogen-bond acceptors (Lipinski definition) is 3. The number of ether oxygens (including phenoxy) is 1. The molecule has 1 heterocycles. The molecule has 1 aliphatic rings. The lowest BCUT2D eigenvalue weighted by Gasteiger charge is -2.34. The van der Waals surface area contributed by atoms with Gasteiger partial charge in [0.15, 0.2) is 5.75 Å². The van der Waals surface area contributed by atoms with Gasteiger partial charge < -0.3 is 9.64 Å². The number of hydrogen-bond donors (Lipinski definition) is 0. The molecule has 0 saturated heterocycles. The molecule has 3 rings (SSSR count). The highest BCUT2D eigenvalue weighted by molar-refractivity contribution is 7.13. The molecular formula is C18H23NOS. The Morgan fingerprint density at radius 3 is 2.57 bits per heavy atom. The molecule has 0 unspecified atom stereocenters. The SMILES string of the molecule is COc1c(-c2cccs2)cccc1N(C)C1CCCCC1. The summed E-state index contributed by atoms with van der Waals surface area (Å²) in [5.41, 5.74) is 2.42. The summed E-state index contributed by atoms with van der Waals surface area (Å²) >= 11 is 1.76. The quantitative estimate of drug-likeness (QED) is 0.770. The molecule has 0 aliphatic heterocycles. The van der Waals surface area contributed by atoms with Crippen LogP contribution < -0.4 is 9.64 Å². The summed E-state index contributed by atoms with van der Waals surface area (Å²) in [4.78, 5) is 3.69. The molecule has 1 aromatic carbocycles. The average molecular weight is 301 g/mol. The molecule has 0 amide bonds. The topological polar surface area (TPSA) is 12.5 Å². The van der Waals surface area contributed by atoms with Gasteiger partial charge in [0.05, 0.1) is 12.8 Å². The Balaban J connectivity index is 1.96. The molecule has 2 nitrogen and oxygen atoms in total. The Kier molecular flexibility index (Phi) is 4.49. The fraction of sp³-hybridized carbons (Fsp3) is 0.444. The van der Waals surface area contributed by atoms with Crippen LogP contribution in [0, 0.1) is 0 Å². The lowest BCUT2D eigenvalue weighted by Crippen LogP contribution is -2.33. The second-order valence-electron chi connectivity index (χ2n) is 5.74. The van der Waals surface area contributed by atoms with Gasteiger partial charge in [-0.1, -0.05) is 31.4 Å². The van der Waals surface area contributed by atoms with Crippen LogP contribution >= 0.6 is 11.3 Å². The van der Waals surface area contributed by atoms with E-state index >= 15 is 0 Å². The van der Waals surface area contributed by atoms with Gasteiger partial charge in [-0.05, 0) is 36.4 Å². The van der Waals surface area contributed by atoms with Crippen LogP contribution in [0.1, 0.15) is 32.1 Å². The van der Waals surface area contributed by atoms with Crippen molar-refractivity contribution in [3.63, 3.8) is 0 Å². The lowest BCUT2D eigenvalue weighted by molar-refractivity contribution is 0.403. The van der Waals surface area contributed by atoms with Gasteiger partial charge in [0.2, 0.25) is 0 Å². The van der Waals surface area contributed by atoms with Gasteiger partial charge in [-0.3, -0.25) is 0 Å². The predicted molar refractivity (Wildman–Crippen MR) is 91.6 cm³/mol. The van der Waals surface area contributed by atoms with Gasteiger partial charge in [-0.2, -0.15) is 0 Å². The Bertz CT molecular complexity index is 573. The molecule has 0 radical (unpaired) electrons. The van der Waals surface area contributed by atoms with Crippen molar-refractivity contribution in [1.29, 1.82) is 0 Å². The monoisotopic (exact) mass is 301 g/mol. The first-order valence-corrected chi connectivity index (χ1v) is 8.63. The first-order chi connectivity index (χ1) is 10.3. The summed E-state index contributed by atoms with van der Waals surface area (Å²) in [6.45, 7) is 0. The van der Waals surface area contributed by atoms with Crippen LogP contribution in [0.5, 0.6) is 5.75 Å². The van der Waals surface area contributed by atoms with Crippen molar-refractivity contribution in [2.45, 2.75) is 38.1 Å². The Morgan fingerprint density at radius 2 is 1.90 bits per heavy atom. The number of benzene rings is 1. The Morgan fingerprint density at radius 1 is 1.10 bits per heavy atom. The van der Waals surface area contributed by atoms with E-state index in [1.807, 2.05) is 0 Å². The summed E-state index contributed by atoms with van der Waals surface area (Å²) in [7, 11) is 4.00. The van der Waals surface area contributed by atoms with E-state index in [1.54, 1.807) is 18.4 Å². The third kappa shape index (κ3) is 2.93. The fourth-order valence-electron chi connectivity index (χ4n) is 3.31. The van der Waals surface area contributed by atoms with E-state index in [-0.39, 0.29) is 0 Å². The van der Waals surface area contributed by atoms with E-state index in [4.69, 9.17) is 4.74 Å². The lowest BCUT2D eigenvalue weighted by atomic mass is 9.94. The summed E-state index contributed by atoms with van der Waals surface area (Å²) in [5.74, 6) is 1.01. The smallest absolute Gasteiger partial charge is 0.150 e. The number of anilines is 1. The highest BCUT2D eigenvalue weighted by Crippen LogP contribution is 2.41. The van der Waals surface area contributed by atoms with Crippen LogP contribution in [-0.2, 0) is 0 Å².